The van der Waals surface area contributed by atoms with E-state index in [9.17, 15) is 37.5 Å². The lowest BCUT2D eigenvalue weighted by Crippen LogP contribution is -2.51. The Kier molecular flexibility index (Phi) is 11.6. The van der Waals surface area contributed by atoms with E-state index in [1.165, 1.54) is 42.3 Å². The first-order valence-electron chi connectivity index (χ1n) is 17.4. The van der Waals surface area contributed by atoms with E-state index in [0.717, 1.165) is 22.8 Å². The molecule has 4 atom stereocenters. The van der Waals surface area contributed by atoms with E-state index >= 15 is 0 Å². The van der Waals surface area contributed by atoms with E-state index in [-0.39, 0.29) is 37.1 Å². The molecule has 2 amide bonds. The van der Waals surface area contributed by atoms with Crippen molar-refractivity contribution in [3.05, 3.63) is 124 Å². The number of carbonyl (C=O) groups is 4. The van der Waals surface area contributed by atoms with Crippen LogP contribution in [0.2, 0.25) is 0 Å². The zero-order valence-electron chi connectivity index (χ0n) is 29.3. The zero-order valence-corrected chi connectivity index (χ0v) is 29.3. The Morgan fingerprint density at radius 1 is 1.00 bits per heavy atom. The van der Waals surface area contributed by atoms with Crippen LogP contribution in [0, 0.1) is 0 Å². The van der Waals surface area contributed by atoms with Crippen molar-refractivity contribution in [1.82, 2.24) is 10.2 Å². The molecule has 284 valence electrons. The highest BCUT2D eigenvalue weighted by Crippen LogP contribution is 2.45. The van der Waals surface area contributed by atoms with Crippen LogP contribution in [0.15, 0.2) is 96.6 Å². The van der Waals surface area contributed by atoms with Crippen molar-refractivity contribution in [2.24, 2.45) is 0 Å². The molecule has 1 heterocycles. The number of alkyl halides is 3. The second kappa shape index (κ2) is 16.4. The van der Waals surface area contributed by atoms with Crippen LogP contribution in [-0.4, -0.2) is 96.9 Å². The molecular formula is C40H39F3N2O9. The molecule has 1 fully saturated rings. The molecule has 3 aliphatic rings. The summed E-state index contributed by atoms with van der Waals surface area (Å²) in [5, 5.41) is 12.0. The number of rotatable bonds is 12. The summed E-state index contributed by atoms with van der Waals surface area (Å²) < 4.78 is 60.6. The molecule has 0 unspecified atom stereocenters. The van der Waals surface area contributed by atoms with Gasteiger partial charge in [-0.15, -0.1) is 0 Å². The van der Waals surface area contributed by atoms with E-state index in [0.29, 0.717) is 18.4 Å². The minimum absolute atomic E-state index is 0.00537. The lowest BCUT2D eigenvalue weighted by molar-refractivity contribution is -0.182. The van der Waals surface area contributed by atoms with E-state index in [4.69, 9.17) is 14.2 Å². The summed E-state index contributed by atoms with van der Waals surface area (Å²) in [6.07, 6.45) is -2.54. The number of esters is 2. The third-order valence-electron chi connectivity index (χ3n) is 9.44. The van der Waals surface area contributed by atoms with Crippen molar-refractivity contribution in [1.29, 1.82) is 0 Å². The van der Waals surface area contributed by atoms with Crippen LogP contribution in [0.3, 0.4) is 0 Å². The number of ether oxygens (including phenoxy) is 4. The fraction of sp³-hybridized carbons (Fsp3) is 0.350. The van der Waals surface area contributed by atoms with Gasteiger partial charge in [-0.2, -0.15) is 13.2 Å². The van der Waals surface area contributed by atoms with Crippen LogP contribution < -0.4 is 5.32 Å². The number of hydrogen-bond acceptors (Lipinski definition) is 9. The number of nitrogens with zero attached hydrogens (tertiary/aromatic N) is 1. The van der Waals surface area contributed by atoms with Crippen molar-refractivity contribution in [3.8, 4) is 0 Å². The summed E-state index contributed by atoms with van der Waals surface area (Å²) in [6, 6.07) is 22.0. The van der Waals surface area contributed by atoms with Gasteiger partial charge in [0.05, 0.1) is 12.2 Å². The van der Waals surface area contributed by atoms with Gasteiger partial charge in [0.2, 0.25) is 11.8 Å². The number of benzene rings is 3. The normalized spacial score (nSPS) is 20.5. The van der Waals surface area contributed by atoms with Gasteiger partial charge >= 0.3 is 18.1 Å². The van der Waals surface area contributed by atoms with Crippen molar-refractivity contribution in [3.63, 3.8) is 0 Å². The van der Waals surface area contributed by atoms with Crippen molar-refractivity contribution < 1.29 is 56.4 Å². The summed E-state index contributed by atoms with van der Waals surface area (Å²) in [6.45, 7) is -2.00. The molecule has 11 nitrogen and oxygen atoms in total. The number of aliphatic hydroxyl groups is 1. The Hall–Kier alpha value is -5.31. The Labute approximate surface area is 309 Å². The van der Waals surface area contributed by atoms with Gasteiger partial charge in [-0.3, -0.25) is 9.59 Å². The third kappa shape index (κ3) is 9.24. The molecule has 6 rings (SSSR count). The molecule has 3 aromatic carbocycles. The fourth-order valence-electron chi connectivity index (χ4n) is 6.90. The molecule has 0 radical (unpaired) electrons. The second-order valence-corrected chi connectivity index (χ2v) is 13.4. The number of hydrogen-bond donors (Lipinski definition) is 2. The standard InChI is InChI=1S/C40H39F3N2O9/c1-45(31(36(48)44-16-17-46)19-25-8-3-2-4-9-25)37(49)30-20-32(35-33(21-30)53-39(54-35)22-28-11-5-6-12-29(28)23-39)52-38(50)27-13-7-10-26(18-27)14-15-34(47)51-24-40(41,42)43/h2-15,18,21,31-33,35,46H,16-17,19-20,22-24H2,1H3,(H,44,48)/t31-,32-,33-,35+/m1/s1. The molecule has 1 saturated heterocycles. The van der Waals surface area contributed by atoms with Gasteiger partial charge in [0.15, 0.2) is 12.4 Å². The predicted molar refractivity (Wildman–Crippen MR) is 188 cm³/mol. The van der Waals surface area contributed by atoms with Gasteiger partial charge in [0.1, 0.15) is 24.4 Å². The zero-order chi connectivity index (χ0) is 38.5. The van der Waals surface area contributed by atoms with E-state index in [1.54, 1.807) is 6.08 Å². The molecule has 0 bridgehead atoms. The molecule has 2 aliphatic carbocycles. The molecule has 54 heavy (non-hydrogen) atoms. The van der Waals surface area contributed by atoms with Crippen molar-refractivity contribution in [2.75, 3.05) is 26.8 Å². The molecule has 0 aromatic heterocycles. The minimum Gasteiger partial charge on any atom is -0.456 e. The molecular weight excluding hydrogens is 709 g/mol. The number of aliphatic hydroxyl groups excluding tert-OH is 1. The highest BCUT2D eigenvalue weighted by atomic mass is 19.4. The topological polar surface area (TPSA) is 141 Å². The van der Waals surface area contributed by atoms with Gasteiger partial charge in [0.25, 0.3) is 0 Å². The summed E-state index contributed by atoms with van der Waals surface area (Å²) >= 11 is 0. The highest BCUT2D eigenvalue weighted by Gasteiger charge is 2.55. The summed E-state index contributed by atoms with van der Waals surface area (Å²) in [5.41, 5.74) is 3.55. The number of likely N-dealkylation sites (N-methyl/N-ethyl adjacent to an activating group) is 1. The van der Waals surface area contributed by atoms with Crippen LogP contribution >= 0.6 is 0 Å². The Morgan fingerprint density at radius 3 is 2.39 bits per heavy atom. The van der Waals surface area contributed by atoms with Gasteiger partial charge in [0, 0.05) is 50.9 Å². The largest absolute Gasteiger partial charge is 0.456 e. The van der Waals surface area contributed by atoms with Crippen molar-refractivity contribution >= 4 is 29.8 Å². The number of amides is 2. The maximum atomic E-state index is 14.2. The Morgan fingerprint density at radius 2 is 1.70 bits per heavy atom. The Balaban J connectivity index is 1.24. The van der Waals surface area contributed by atoms with Gasteiger partial charge in [-0.1, -0.05) is 66.7 Å². The molecule has 14 heteroatoms. The monoisotopic (exact) mass is 748 g/mol. The van der Waals surface area contributed by atoms with Gasteiger partial charge in [-0.05, 0) is 46.5 Å². The SMILES string of the molecule is CN(C(=O)C1=C[C@H]2OC3(Cc4ccccc4C3)O[C@H]2[C@H](OC(=O)c2cccc(C=CC(=O)OCC(F)(F)F)c2)C1)[C@H](Cc1ccccc1)C(=O)NCCO. The van der Waals surface area contributed by atoms with Crippen molar-refractivity contribution in [2.45, 2.75) is 62.0 Å². The number of nitrogens with one attached hydrogen (secondary N) is 1. The van der Waals surface area contributed by atoms with Crippen LogP contribution in [0.25, 0.3) is 6.08 Å². The highest BCUT2D eigenvalue weighted by molar-refractivity contribution is 5.97. The van der Waals surface area contributed by atoms with E-state index in [1.807, 2.05) is 54.6 Å². The maximum absolute atomic E-state index is 14.2. The summed E-state index contributed by atoms with van der Waals surface area (Å²) in [7, 11) is 1.52. The third-order valence-corrected chi connectivity index (χ3v) is 9.44. The first-order valence-corrected chi connectivity index (χ1v) is 17.4. The lowest BCUT2D eigenvalue weighted by atomic mass is 9.90. The molecule has 2 N–H and O–H groups in total. The average Bonchev–Trinajstić information content (AvgIpc) is 3.71. The first-order chi connectivity index (χ1) is 25.8. The smallest absolute Gasteiger partial charge is 0.422 e. The van der Waals surface area contributed by atoms with Crippen LogP contribution in [0.1, 0.15) is 39.0 Å². The van der Waals surface area contributed by atoms with Gasteiger partial charge in [-0.25, -0.2) is 9.59 Å². The predicted octanol–water partition coefficient (Wildman–Crippen LogP) is 4.12. The van der Waals surface area contributed by atoms with Crippen LogP contribution in [0.5, 0.6) is 0 Å². The molecule has 0 saturated carbocycles. The average molecular weight is 749 g/mol. The van der Waals surface area contributed by atoms with Crippen LogP contribution in [-0.2, 0) is 52.6 Å². The molecule has 3 aromatic rings. The summed E-state index contributed by atoms with van der Waals surface area (Å²) in [4.78, 5) is 54.3. The molecule has 1 aliphatic heterocycles. The fourth-order valence-corrected chi connectivity index (χ4v) is 6.90. The lowest BCUT2D eigenvalue weighted by Gasteiger charge is -2.33. The van der Waals surface area contributed by atoms with E-state index < -0.39 is 66.7 Å². The maximum Gasteiger partial charge on any atom is 0.422 e. The number of fused-ring (bicyclic) bond motifs is 2. The summed E-state index contributed by atoms with van der Waals surface area (Å²) in [5.74, 6) is -3.98. The van der Waals surface area contributed by atoms with Gasteiger partial charge < -0.3 is 34.3 Å². The van der Waals surface area contributed by atoms with E-state index in [2.05, 4.69) is 10.1 Å². The Bertz CT molecular complexity index is 1910. The molecule has 1 spiro atoms. The second-order valence-electron chi connectivity index (χ2n) is 13.4. The number of carbonyl (C=O) groups excluding carboxylic acids is 4. The van der Waals surface area contributed by atoms with Crippen LogP contribution in [0.4, 0.5) is 13.2 Å². The first kappa shape index (κ1) is 38.4. The quantitative estimate of drug-likeness (QED) is 0.207. The number of halogens is 3. The minimum atomic E-state index is -4.67.